The molecular formula is C10H12N2O4. The molecule has 3 rings (SSSR count). The molecule has 1 aliphatic heterocycles. The largest absolute Gasteiger partial charge is 0.456 e. The van der Waals surface area contributed by atoms with Gasteiger partial charge >= 0.3 is 6.01 Å². The van der Waals surface area contributed by atoms with Gasteiger partial charge in [0.25, 0.3) is 5.56 Å². The normalized spacial score (nSPS) is 35.6. The molecule has 2 aliphatic rings. The van der Waals surface area contributed by atoms with E-state index in [9.17, 15) is 9.90 Å². The summed E-state index contributed by atoms with van der Waals surface area (Å²) in [6, 6.07) is 1.60. The summed E-state index contributed by atoms with van der Waals surface area (Å²) in [5.74, 6) is -0.164. The molecule has 0 radical (unpaired) electrons. The van der Waals surface area contributed by atoms with Crippen LogP contribution in [0.4, 0.5) is 0 Å². The summed E-state index contributed by atoms with van der Waals surface area (Å²) in [7, 11) is 0. The molecular weight excluding hydrogens is 212 g/mol. The highest BCUT2D eigenvalue weighted by Crippen LogP contribution is 2.42. The quantitative estimate of drug-likeness (QED) is 0.633. The number of aromatic nitrogens is 2. The van der Waals surface area contributed by atoms with Crippen molar-refractivity contribution in [3.63, 3.8) is 0 Å². The Labute approximate surface area is 91.1 Å². The van der Waals surface area contributed by atoms with Gasteiger partial charge in [-0.3, -0.25) is 9.36 Å². The summed E-state index contributed by atoms with van der Waals surface area (Å²) in [5, 5.41) is 19.0. The van der Waals surface area contributed by atoms with E-state index in [0.29, 0.717) is 6.42 Å². The van der Waals surface area contributed by atoms with Gasteiger partial charge in [-0.05, 0) is 6.42 Å². The molecule has 1 saturated carbocycles. The fourth-order valence-corrected chi connectivity index (χ4v) is 2.54. The van der Waals surface area contributed by atoms with Crippen LogP contribution >= 0.6 is 0 Å². The standard InChI is InChI=1S/C10H12N2O4/c13-4-5-3-6-9(8(5)15)16-10-11-7(14)1-2-12(6)10/h1-2,5-6,8-9,13,15H,3-4H2/t5-,6?,8-,9+/m1/s1. The second-order valence-corrected chi connectivity index (χ2v) is 4.27. The molecule has 16 heavy (non-hydrogen) atoms. The lowest BCUT2D eigenvalue weighted by molar-refractivity contribution is 0.0210. The zero-order valence-corrected chi connectivity index (χ0v) is 8.48. The zero-order valence-electron chi connectivity index (χ0n) is 8.48. The Morgan fingerprint density at radius 1 is 1.62 bits per heavy atom. The maximum Gasteiger partial charge on any atom is 0.300 e. The van der Waals surface area contributed by atoms with Crippen LogP contribution in [0.5, 0.6) is 6.01 Å². The molecule has 1 aromatic rings. The Hall–Kier alpha value is -1.40. The van der Waals surface area contributed by atoms with Crippen molar-refractivity contribution >= 4 is 0 Å². The minimum Gasteiger partial charge on any atom is -0.456 e. The minimum atomic E-state index is -0.702. The first-order chi connectivity index (χ1) is 7.70. The molecule has 6 nitrogen and oxygen atoms in total. The van der Waals surface area contributed by atoms with E-state index in [2.05, 4.69) is 4.98 Å². The molecule has 0 aromatic carbocycles. The number of rotatable bonds is 1. The van der Waals surface area contributed by atoms with Crippen LogP contribution in [0.25, 0.3) is 0 Å². The highest BCUT2D eigenvalue weighted by atomic mass is 16.5. The van der Waals surface area contributed by atoms with Gasteiger partial charge in [0.05, 0.1) is 12.1 Å². The third kappa shape index (κ3) is 1.20. The average molecular weight is 224 g/mol. The van der Waals surface area contributed by atoms with E-state index >= 15 is 0 Å². The molecule has 1 aliphatic carbocycles. The van der Waals surface area contributed by atoms with Crippen LogP contribution in [0, 0.1) is 5.92 Å². The maximum absolute atomic E-state index is 11.0. The molecule has 0 bridgehead atoms. The lowest BCUT2D eigenvalue weighted by atomic mass is 10.1. The Morgan fingerprint density at radius 3 is 3.19 bits per heavy atom. The van der Waals surface area contributed by atoms with Crippen molar-refractivity contribution in [3.8, 4) is 6.01 Å². The fraction of sp³-hybridized carbons (Fsp3) is 0.600. The molecule has 1 fully saturated rings. The van der Waals surface area contributed by atoms with Crippen LogP contribution in [-0.4, -0.2) is 38.6 Å². The van der Waals surface area contributed by atoms with Crippen molar-refractivity contribution in [3.05, 3.63) is 22.6 Å². The molecule has 2 heterocycles. The van der Waals surface area contributed by atoms with Gasteiger partial charge in [0.15, 0.2) is 0 Å². The van der Waals surface area contributed by atoms with Gasteiger partial charge in [-0.1, -0.05) is 0 Å². The fourth-order valence-electron chi connectivity index (χ4n) is 2.54. The van der Waals surface area contributed by atoms with Gasteiger partial charge < -0.3 is 14.9 Å². The van der Waals surface area contributed by atoms with Crippen molar-refractivity contribution < 1.29 is 14.9 Å². The van der Waals surface area contributed by atoms with Crippen LogP contribution in [-0.2, 0) is 0 Å². The van der Waals surface area contributed by atoms with E-state index in [1.165, 1.54) is 6.07 Å². The number of aliphatic hydroxyl groups excluding tert-OH is 2. The Morgan fingerprint density at radius 2 is 2.44 bits per heavy atom. The summed E-state index contributed by atoms with van der Waals surface area (Å²) in [5.41, 5.74) is -0.348. The van der Waals surface area contributed by atoms with E-state index in [1.54, 1.807) is 10.8 Å². The van der Waals surface area contributed by atoms with E-state index < -0.39 is 12.2 Å². The first kappa shape index (κ1) is 9.80. The van der Waals surface area contributed by atoms with Crippen molar-refractivity contribution in [1.29, 1.82) is 0 Å². The van der Waals surface area contributed by atoms with Crippen molar-refractivity contribution in [2.24, 2.45) is 5.92 Å². The van der Waals surface area contributed by atoms with Gasteiger partial charge in [0.1, 0.15) is 6.10 Å². The Balaban J connectivity index is 1.99. The van der Waals surface area contributed by atoms with E-state index in [4.69, 9.17) is 9.84 Å². The van der Waals surface area contributed by atoms with Gasteiger partial charge in [0.2, 0.25) is 0 Å². The summed E-state index contributed by atoms with van der Waals surface area (Å²) in [4.78, 5) is 14.8. The summed E-state index contributed by atoms with van der Waals surface area (Å²) >= 11 is 0. The predicted octanol–water partition coefficient (Wildman–Crippen LogP) is -1.08. The highest BCUT2D eigenvalue weighted by molar-refractivity contribution is 5.13. The van der Waals surface area contributed by atoms with E-state index in [0.717, 1.165) is 0 Å². The summed E-state index contributed by atoms with van der Waals surface area (Å²) < 4.78 is 7.20. The van der Waals surface area contributed by atoms with Crippen LogP contribution < -0.4 is 10.3 Å². The smallest absolute Gasteiger partial charge is 0.300 e. The Bertz CT molecular complexity index is 472. The molecule has 86 valence electrons. The number of hydrogen-bond acceptors (Lipinski definition) is 5. The highest BCUT2D eigenvalue weighted by Gasteiger charge is 2.49. The molecule has 0 amide bonds. The van der Waals surface area contributed by atoms with Gasteiger partial charge in [-0.25, -0.2) is 0 Å². The molecule has 1 aromatic heterocycles. The number of fused-ring (bicyclic) bond motifs is 3. The third-order valence-corrected chi connectivity index (χ3v) is 3.38. The van der Waals surface area contributed by atoms with Gasteiger partial charge in [0, 0.05) is 24.8 Å². The maximum atomic E-state index is 11.0. The lowest BCUT2D eigenvalue weighted by Crippen LogP contribution is -2.31. The van der Waals surface area contributed by atoms with Crippen LogP contribution in [0.1, 0.15) is 12.5 Å². The molecule has 6 heteroatoms. The van der Waals surface area contributed by atoms with Crippen LogP contribution in [0.15, 0.2) is 17.1 Å². The third-order valence-electron chi connectivity index (χ3n) is 3.38. The van der Waals surface area contributed by atoms with Crippen LogP contribution in [0.3, 0.4) is 0 Å². The molecule has 4 atom stereocenters. The topological polar surface area (TPSA) is 84.6 Å². The molecule has 2 N–H and O–H groups in total. The monoisotopic (exact) mass is 224 g/mol. The zero-order chi connectivity index (χ0) is 11.3. The van der Waals surface area contributed by atoms with Crippen molar-refractivity contribution in [2.75, 3.05) is 6.61 Å². The lowest BCUT2D eigenvalue weighted by Gasteiger charge is -2.15. The van der Waals surface area contributed by atoms with Crippen LogP contribution in [0.2, 0.25) is 0 Å². The summed E-state index contributed by atoms with van der Waals surface area (Å²) in [6.45, 7) is -0.0551. The van der Waals surface area contributed by atoms with Crippen molar-refractivity contribution in [1.82, 2.24) is 9.55 Å². The van der Waals surface area contributed by atoms with Gasteiger partial charge in [-0.15, -0.1) is 0 Å². The minimum absolute atomic E-state index is 0.0322. The predicted molar refractivity (Wildman–Crippen MR) is 53.1 cm³/mol. The van der Waals surface area contributed by atoms with E-state index in [-0.39, 0.29) is 30.1 Å². The number of ether oxygens (including phenoxy) is 1. The number of nitrogens with zero attached hydrogens (tertiary/aromatic N) is 2. The second kappa shape index (κ2) is 3.29. The SMILES string of the molecule is O=c1ccn2c(n1)O[C@H]1C2C[C@H](CO)[C@H]1O. The second-order valence-electron chi connectivity index (χ2n) is 4.27. The first-order valence-electron chi connectivity index (χ1n) is 5.25. The number of aliphatic hydroxyl groups is 2. The molecule has 0 spiro atoms. The summed E-state index contributed by atoms with van der Waals surface area (Å²) in [6.07, 6.45) is 1.17. The van der Waals surface area contributed by atoms with Crippen molar-refractivity contribution in [2.45, 2.75) is 24.7 Å². The average Bonchev–Trinajstić information content (AvgIpc) is 2.75. The Kier molecular flexibility index (Phi) is 2.02. The molecule has 1 unspecified atom stereocenters. The molecule has 0 saturated heterocycles. The first-order valence-corrected chi connectivity index (χ1v) is 5.25. The van der Waals surface area contributed by atoms with Gasteiger partial charge in [-0.2, -0.15) is 4.98 Å². The number of hydrogen-bond donors (Lipinski definition) is 2. The van der Waals surface area contributed by atoms with E-state index in [1.807, 2.05) is 0 Å².